The van der Waals surface area contributed by atoms with Gasteiger partial charge in [0.25, 0.3) is 0 Å². The molecule has 0 amide bonds. The van der Waals surface area contributed by atoms with Crippen molar-refractivity contribution in [3.8, 4) is 0 Å². The Bertz CT molecular complexity index is 494. The number of nitrogens with zero attached hydrogens (tertiary/aromatic N) is 2. The van der Waals surface area contributed by atoms with Crippen molar-refractivity contribution >= 4 is 37.5 Å². The fourth-order valence-electron chi connectivity index (χ4n) is 1.39. The molecule has 3 nitrogen and oxygen atoms in total. The molecule has 0 spiro atoms. The van der Waals surface area contributed by atoms with Crippen LogP contribution in [0.2, 0.25) is 0 Å². The highest BCUT2D eigenvalue weighted by atomic mass is 79.9. The van der Waals surface area contributed by atoms with Crippen LogP contribution in [-0.2, 0) is 13.6 Å². The fourth-order valence-corrected chi connectivity index (χ4v) is 2.14. The summed E-state index contributed by atoms with van der Waals surface area (Å²) in [7, 11) is 1.92. The number of halogens is 2. The van der Waals surface area contributed by atoms with Crippen molar-refractivity contribution < 1.29 is 0 Å². The molecule has 0 fully saturated rings. The predicted octanol–water partition coefficient (Wildman–Crippen LogP) is 3.56. The van der Waals surface area contributed by atoms with Gasteiger partial charge >= 0.3 is 0 Å². The summed E-state index contributed by atoms with van der Waals surface area (Å²) in [5.41, 5.74) is 2.23. The molecule has 1 aromatic heterocycles. The Kier molecular flexibility index (Phi) is 3.66. The Morgan fingerprint density at radius 2 is 2.19 bits per heavy atom. The minimum Gasteiger partial charge on any atom is -0.380 e. The summed E-state index contributed by atoms with van der Waals surface area (Å²) in [5, 5.41) is 7.48. The molecule has 0 bridgehead atoms. The minimum atomic E-state index is 0.767. The van der Waals surface area contributed by atoms with Crippen LogP contribution in [0.1, 0.15) is 5.56 Å². The second-order valence-electron chi connectivity index (χ2n) is 3.50. The third kappa shape index (κ3) is 2.86. The molecule has 2 rings (SSSR count). The van der Waals surface area contributed by atoms with Gasteiger partial charge in [-0.25, -0.2) is 0 Å². The second kappa shape index (κ2) is 5.01. The normalized spacial score (nSPS) is 10.4. The molecular formula is C11H11Br2N3. The molecule has 1 aromatic carbocycles. The summed E-state index contributed by atoms with van der Waals surface area (Å²) >= 11 is 6.95. The van der Waals surface area contributed by atoms with Crippen molar-refractivity contribution in [1.82, 2.24) is 9.78 Å². The summed E-state index contributed by atoms with van der Waals surface area (Å²) < 4.78 is 3.91. The summed E-state index contributed by atoms with van der Waals surface area (Å²) in [5.74, 6) is 0. The Labute approximate surface area is 111 Å². The van der Waals surface area contributed by atoms with Crippen molar-refractivity contribution in [2.75, 3.05) is 5.32 Å². The average molecular weight is 345 g/mol. The van der Waals surface area contributed by atoms with Gasteiger partial charge in [0, 0.05) is 40.0 Å². The summed E-state index contributed by atoms with van der Waals surface area (Å²) in [6.45, 7) is 0.767. The van der Waals surface area contributed by atoms with Crippen LogP contribution < -0.4 is 5.32 Å². The Balaban J connectivity index is 2.07. The molecule has 1 heterocycles. The SMILES string of the molecule is Cn1cc(CNc2cc(Br)ccc2Br)cn1. The number of hydrogen-bond acceptors (Lipinski definition) is 2. The lowest BCUT2D eigenvalue weighted by Gasteiger charge is -2.07. The van der Waals surface area contributed by atoms with Crippen molar-refractivity contribution in [1.29, 1.82) is 0 Å². The topological polar surface area (TPSA) is 29.9 Å². The zero-order valence-corrected chi connectivity index (χ0v) is 11.9. The molecule has 0 aliphatic rings. The minimum absolute atomic E-state index is 0.767. The van der Waals surface area contributed by atoms with E-state index in [1.165, 1.54) is 0 Å². The predicted molar refractivity (Wildman–Crippen MR) is 72.4 cm³/mol. The van der Waals surface area contributed by atoms with E-state index in [4.69, 9.17) is 0 Å². The molecule has 0 atom stereocenters. The molecular weight excluding hydrogens is 334 g/mol. The van der Waals surface area contributed by atoms with E-state index >= 15 is 0 Å². The molecule has 1 N–H and O–H groups in total. The van der Waals surface area contributed by atoms with Crippen LogP contribution in [0.5, 0.6) is 0 Å². The molecule has 2 aromatic rings. The molecule has 5 heteroatoms. The van der Waals surface area contributed by atoms with Crippen LogP contribution in [0.4, 0.5) is 5.69 Å². The van der Waals surface area contributed by atoms with Gasteiger partial charge in [0.2, 0.25) is 0 Å². The number of rotatable bonds is 3. The van der Waals surface area contributed by atoms with Gasteiger partial charge < -0.3 is 5.32 Å². The first kappa shape index (κ1) is 11.7. The van der Waals surface area contributed by atoms with Gasteiger partial charge in [-0.2, -0.15) is 5.10 Å². The van der Waals surface area contributed by atoms with Crippen molar-refractivity contribution in [3.05, 3.63) is 45.1 Å². The van der Waals surface area contributed by atoms with Crippen LogP contribution in [0, 0.1) is 0 Å². The van der Waals surface area contributed by atoms with Gasteiger partial charge in [-0.3, -0.25) is 4.68 Å². The first-order valence-electron chi connectivity index (χ1n) is 4.81. The first-order valence-corrected chi connectivity index (χ1v) is 6.40. The summed E-state index contributed by atoms with van der Waals surface area (Å²) in [6.07, 6.45) is 3.86. The number of benzene rings is 1. The lowest BCUT2D eigenvalue weighted by Crippen LogP contribution is -1.99. The molecule has 0 aliphatic heterocycles. The van der Waals surface area contributed by atoms with E-state index in [0.717, 1.165) is 26.7 Å². The quantitative estimate of drug-likeness (QED) is 0.922. The highest BCUT2D eigenvalue weighted by Gasteiger charge is 2.01. The maximum atomic E-state index is 4.12. The van der Waals surface area contributed by atoms with Gasteiger partial charge in [0.15, 0.2) is 0 Å². The van der Waals surface area contributed by atoms with E-state index < -0.39 is 0 Å². The Hall–Kier alpha value is -0.810. The summed E-state index contributed by atoms with van der Waals surface area (Å²) in [6, 6.07) is 6.05. The maximum absolute atomic E-state index is 4.12. The van der Waals surface area contributed by atoms with Crippen molar-refractivity contribution in [2.45, 2.75) is 6.54 Å². The lowest BCUT2D eigenvalue weighted by atomic mass is 10.3. The zero-order valence-electron chi connectivity index (χ0n) is 8.74. The molecule has 0 aliphatic carbocycles. The molecule has 0 saturated carbocycles. The number of aromatic nitrogens is 2. The van der Waals surface area contributed by atoms with E-state index in [-0.39, 0.29) is 0 Å². The van der Waals surface area contributed by atoms with E-state index in [0.29, 0.717) is 0 Å². The van der Waals surface area contributed by atoms with E-state index in [1.54, 1.807) is 4.68 Å². The van der Waals surface area contributed by atoms with Crippen LogP contribution in [0.25, 0.3) is 0 Å². The zero-order chi connectivity index (χ0) is 11.5. The van der Waals surface area contributed by atoms with Gasteiger partial charge in [-0.1, -0.05) is 15.9 Å². The second-order valence-corrected chi connectivity index (χ2v) is 5.27. The third-order valence-corrected chi connectivity index (χ3v) is 3.35. The summed E-state index contributed by atoms with van der Waals surface area (Å²) in [4.78, 5) is 0. The molecule has 0 saturated heterocycles. The Morgan fingerprint density at radius 1 is 1.38 bits per heavy atom. The maximum Gasteiger partial charge on any atom is 0.0539 e. The van der Waals surface area contributed by atoms with E-state index in [9.17, 15) is 0 Å². The van der Waals surface area contributed by atoms with Crippen LogP contribution in [-0.4, -0.2) is 9.78 Å². The van der Waals surface area contributed by atoms with E-state index in [2.05, 4.69) is 42.3 Å². The highest BCUT2D eigenvalue weighted by molar-refractivity contribution is 9.11. The largest absolute Gasteiger partial charge is 0.380 e. The van der Waals surface area contributed by atoms with Gasteiger partial charge in [-0.05, 0) is 34.1 Å². The molecule has 84 valence electrons. The van der Waals surface area contributed by atoms with Crippen LogP contribution >= 0.6 is 31.9 Å². The number of nitrogens with one attached hydrogen (secondary N) is 1. The lowest BCUT2D eigenvalue weighted by molar-refractivity contribution is 0.767. The average Bonchev–Trinajstić information content (AvgIpc) is 2.66. The fraction of sp³-hybridized carbons (Fsp3) is 0.182. The molecule has 0 unspecified atom stereocenters. The van der Waals surface area contributed by atoms with E-state index in [1.807, 2.05) is 37.6 Å². The number of aryl methyl sites for hydroxylation is 1. The number of hydrogen-bond donors (Lipinski definition) is 1. The first-order chi connectivity index (χ1) is 7.65. The van der Waals surface area contributed by atoms with Gasteiger partial charge in [0.1, 0.15) is 0 Å². The van der Waals surface area contributed by atoms with Gasteiger partial charge in [-0.15, -0.1) is 0 Å². The standard InChI is InChI=1S/C11H11Br2N3/c1-16-7-8(6-15-16)5-14-11-4-9(12)2-3-10(11)13/h2-4,6-7,14H,5H2,1H3. The van der Waals surface area contributed by atoms with Gasteiger partial charge in [0.05, 0.1) is 6.20 Å². The number of anilines is 1. The highest BCUT2D eigenvalue weighted by Crippen LogP contribution is 2.26. The monoisotopic (exact) mass is 343 g/mol. The molecule has 0 radical (unpaired) electrons. The third-order valence-electron chi connectivity index (χ3n) is 2.17. The van der Waals surface area contributed by atoms with Crippen LogP contribution in [0.3, 0.4) is 0 Å². The smallest absolute Gasteiger partial charge is 0.0539 e. The van der Waals surface area contributed by atoms with Crippen molar-refractivity contribution in [2.24, 2.45) is 7.05 Å². The van der Waals surface area contributed by atoms with Crippen LogP contribution in [0.15, 0.2) is 39.5 Å². The Morgan fingerprint density at radius 3 is 2.88 bits per heavy atom. The molecule has 16 heavy (non-hydrogen) atoms. The van der Waals surface area contributed by atoms with Crippen molar-refractivity contribution in [3.63, 3.8) is 0 Å².